The lowest BCUT2D eigenvalue weighted by Crippen LogP contribution is -2.37. The Kier molecular flexibility index (Phi) is 9.00. The van der Waals surface area contributed by atoms with E-state index in [1.54, 1.807) is 0 Å². The van der Waals surface area contributed by atoms with Crippen molar-refractivity contribution in [2.75, 3.05) is 29.0 Å². The van der Waals surface area contributed by atoms with Gasteiger partial charge in [0.2, 0.25) is 15.9 Å². The zero-order chi connectivity index (χ0) is 23.2. The van der Waals surface area contributed by atoms with Crippen molar-refractivity contribution < 1.29 is 22.7 Å². The number of hydrogen-bond acceptors (Lipinski definition) is 5. The molecule has 0 aliphatic carbocycles. The average molecular weight is 508 g/mol. The number of sulfonamides is 1. The average Bonchev–Trinajstić information content (AvgIpc) is 2.69. The van der Waals surface area contributed by atoms with Crippen LogP contribution in [0, 0.1) is 0 Å². The molecule has 0 aliphatic rings. The largest absolute Gasteiger partial charge is 0.462 e. The highest BCUT2D eigenvalue weighted by Gasteiger charge is 2.24. The number of anilines is 2. The van der Waals surface area contributed by atoms with E-state index >= 15 is 0 Å². The number of carbonyl (C=O) groups is 2. The van der Waals surface area contributed by atoms with Gasteiger partial charge >= 0.3 is 5.97 Å². The van der Waals surface area contributed by atoms with Crippen LogP contribution in [0.1, 0.15) is 30.1 Å². The van der Waals surface area contributed by atoms with E-state index in [4.69, 9.17) is 39.5 Å². The van der Waals surface area contributed by atoms with Crippen LogP contribution in [-0.2, 0) is 19.6 Å². The normalized spacial score (nSPS) is 11.1. The molecule has 31 heavy (non-hydrogen) atoms. The van der Waals surface area contributed by atoms with Crippen molar-refractivity contribution in [1.29, 1.82) is 0 Å². The van der Waals surface area contributed by atoms with Crippen molar-refractivity contribution in [2.24, 2.45) is 0 Å². The molecule has 7 nitrogen and oxygen atoms in total. The monoisotopic (exact) mass is 506 g/mol. The maximum absolute atomic E-state index is 12.5. The predicted molar refractivity (Wildman–Crippen MR) is 124 cm³/mol. The molecule has 0 aliphatic heterocycles. The third-order valence-corrected chi connectivity index (χ3v) is 6.23. The van der Waals surface area contributed by atoms with Gasteiger partial charge in [-0.3, -0.25) is 9.10 Å². The van der Waals surface area contributed by atoms with Gasteiger partial charge in [0.15, 0.2) is 0 Å². The minimum absolute atomic E-state index is 0.0264. The van der Waals surface area contributed by atoms with Gasteiger partial charge in [0.25, 0.3) is 0 Å². The number of amides is 1. The van der Waals surface area contributed by atoms with Crippen molar-refractivity contribution in [2.45, 2.75) is 19.8 Å². The molecule has 2 aromatic carbocycles. The summed E-state index contributed by atoms with van der Waals surface area (Å²) in [5, 5.41) is 2.85. The van der Waals surface area contributed by atoms with Gasteiger partial charge in [0.1, 0.15) is 6.54 Å². The van der Waals surface area contributed by atoms with E-state index < -0.39 is 28.4 Å². The van der Waals surface area contributed by atoms with Crippen LogP contribution in [0.5, 0.6) is 0 Å². The Morgan fingerprint density at radius 3 is 2.23 bits per heavy atom. The van der Waals surface area contributed by atoms with Crippen molar-refractivity contribution >= 4 is 68.1 Å². The second kappa shape index (κ2) is 11.0. The molecule has 168 valence electrons. The molecule has 0 fully saturated rings. The maximum atomic E-state index is 12.5. The number of nitrogens with one attached hydrogen (secondary N) is 1. The van der Waals surface area contributed by atoms with E-state index in [1.807, 2.05) is 6.92 Å². The minimum atomic E-state index is -3.86. The lowest BCUT2D eigenvalue weighted by Gasteiger charge is -2.23. The van der Waals surface area contributed by atoms with Gasteiger partial charge in [-0.05, 0) is 42.8 Å². The highest BCUT2D eigenvalue weighted by Crippen LogP contribution is 2.35. The fourth-order valence-electron chi connectivity index (χ4n) is 2.50. The number of benzene rings is 2. The Morgan fingerprint density at radius 2 is 1.65 bits per heavy atom. The summed E-state index contributed by atoms with van der Waals surface area (Å²) in [5.41, 5.74) is 0.747. The second-order valence-electron chi connectivity index (χ2n) is 6.60. The lowest BCUT2D eigenvalue weighted by atomic mass is 10.2. The van der Waals surface area contributed by atoms with E-state index in [0.29, 0.717) is 17.9 Å². The first kappa shape index (κ1) is 25.3. The smallest absolute Gasteiger partial charge is 0.338 e. The molecule has 2 rings (SSSR count). The Hall–Kier alpha value is -2.00. The summed E-state index contributed by atoms with van der Waals surface area (Å²) in [6.45, 7) is 1.79. The Balaban J connectivity index is 2.12. The summed E-state index contributed by atoms with van der Waals surface area (Å²) in [4.78, 5) is 24.4. The Bertz CT molecular complexity index is 1060. The zero-order valence-electron chi connectivity index (χ0n) is 16.8. The molecule has 0 spiro atoms. The van der Waals surface area contributed by atoms with E-state index in [2.05, 4.69) is 5.32 Å². The molecule has 1 N–H and O–H groups in total. The molecule has 0 heterocycles. The lowest BCUT2D eigenvalue weighted by molar-refractivity contribution is -0.114. The van der Waals surface area contributed by atoms with Gasteiger partial charge in [-0.25, -0.2) is 13.2 Å². The topological polar surface area (TPSA) is 92.8 Å². The molecule has 0 atom stereocenters. The van der Waals surface area contributed by atoms with Crippen LogP contribution < -0.4 is 9.62 Å². The van der Waals surface area contributed by atoms with Crippen molar-refractivity contribution in [3.63, 3.8) is 0 Å². The molecule has 11 heteroatoms. The summed E-state index contributed by atoms with van der Waals surface area (Å²) in [6, 6.07) is 8.63. The molecule has 2 aromatic rings. The fraction of sp³-hybridized carbons (Fsp3) is 0.300. The maximum Gasteiger partial charge on any atom is 0.338 e. The summed E-state index contributed by atoms with van der Waals surface area (Å²) >= 11 is 18.0. The van der Waals surface area contributed by atoms with Crippen LogP contribution in [0.15, 0.2) is 36.4 Å². The molecule has 0 aromatic heterocycles. The van der Waals surface area contributed by atoms with E-state index in [-0.39, 0.29) is 20.8 Å². The minimum Gasteiger partial charge on any atom is -0.462 e. The summed E-state index contributed by atoms with van der Waals surface area (Å²) < 4.78 is 30.5. The first-order valence-electron chi connectivity index (χ1n) is 9.22. The molecule has 0 bridgehead atoms. The quantitative estimate of drug-likeness (QED) is 0.293. The highest BCUT2D eigenvalue weighted by molar-refractivity contribution is 7.92. The molecule has 0 radical (unpaired) electrons. The third kappa shape index (κ3) is 7.28. The van der Waals surface area contributed by atoms with Crippen LogP contribution in [-0.4, -0.2) is 39.7 Å². The summed E-state index contributed by atoms with van der Waals surface area (Å²) in [6.07, 6.45) is 2.63. The molecular weight excluding hydrogens is 487 g/mol. The van der Waals surface area contributed by atoms with E-state index in [0.717, 1.165) is 23.4 Å². The van der Waals surface area contributed by atoms with Crippen LogP contribution >= 0.6 is 34.8 Å². The van der Waals surface area contributed by atoms with Crippen LogP contribution in [0.2, 0.25) is 15.1 Å². The van der Waals surface area contributed by atoms with Crippen molar-refractivity contribution in [1.82, 2.24) is 0 Å². The summed E-state index contributed by atoms with van der Waals surface area (Å²) in [5.74, 6) is -1.07. The highest BCUT2D eigenvalue weighted by atomic mass is 35.5. The van der Waals surface area contributed by atoms with Crippen LogP contribution in [0.3, 0.4) is 0 Å². The Morgan fingerprint density at radius 1 is 1.03 bits per heavy atom. The predicted octanol–water partition coefficient (Wildman–Crippen LogP) is 5.01. The van der Waals surface area contributed by atoms with Crippen molar-refractivity contribution in [3.05, 3.63) is 57.0 Å². The molecular formula is C20H21Cl3N2O5S. The number of rotatable bonds is 9. The first-order valence-corrected chi connectivity index (χ1v) is 12.2. The number of ether oxygens (including phenoxy) is 1. The molecule has 0 unspecified atom stereocenters. The van der Waals surface area contributed by atoms with E-state index in [9.17, 15) is 18.0 Å². The van der Waals surface area contributed by atoms with Crippen LogP contribution in [0.4, 0.5) is 11.4 Å². The fourth-order valence-corrected chi connectivity index (χ4v) is 4.05. The number of hydrogen-bond donors (Lipinski definition) is 1. The van der Waals surface area contributed by atoms with Gasteiger partial charge in [-0.2, -0.15) is 0 Å². The van der Waals surface area contributed by atoms with Gasteiger partial charge in [-0.1, -0.05) is 48.1 Å². The van der Waals surface area contributed by atoms with Gasteiger partial charge < -0.3 is 10.1 Å². The second-order valence-corrected chi connectivity index (χ2v) is 9.73. The summed E-state index contributed by atoms with van der Waals surface area (Å²) in [7, 11) is -3.86. The van der Waals surface area contributed by atoms with E-state index in [1.165, 1.54) is 36.4 Å². The van der Waals surface area contributed by atoms with Crippen molar-refractivity contribution in [3.8, 4) is 0 Å². The van der Waals surface area contributed by atoms with Gasteiger partial charge in [0, 0.05) is 5.69 Å². The standard InChI is InChI=1S/C20H21Cl3N2O5S/c1-3-4-9-30-20(27)13-5-7-14(8-6-13)24-19(26)12-25(31(2,28)29)18-11-16(22)15(21)10-17(18)23/h5-8,10-11H,3-4,9,12H2,1-2H3,(H,24,26). The molecule has 0 saturated heterocycles. The number of nitrogens with zero attached hydrogens (tertiary/aromatic N) is 1. The number of unbranched alkanes of at least 4 members (excludes halogenated alkanes) is 1. The van der Waals surface area contributed by atoms with Gasteiger partial charge in [0.05, 0.1) is 39.2 Å². The third-order valence-electron chi connectivity index (χ3n) is 4.08. The number of esters is 1. The Labute approximate surface area is 196 Å². The molecule has 1 amide bonds. The van der Waals surface area contributed by atoms with Gasteiger partial charge in [-0.15, -0.1) is 0 Å². The number of carbonyl (C=O) groups excluding carboxylic acids is 2. The van der Waals surface area contributed by atoms with Crippen LogP contribution in [0.25, 0.3) is 0 Å². The number of halogens is 3. The first-order chi connectivity index (χ1) is 14.5. The zero-order valence-corrected chi connectivity index (χ0v) is 19.9. The molecule has 0 saturated carbocycles. The SMILES string of the molecule is CCCCOC(=O)c1ccc(NC(=O)CN(c2cc(Cl)c(Cl)cc2Cl)S(C)(=O)=O)cc1.